The molecule has 0 atom stereocenters. The van der Waals surface area contributed by atoms with Crippen LogP contribution in [-0.4, -0.2) is 34.2 Å². The van der Waals surface area contributed by atoms with Crippen LogP contribution in [0.3, 0.4) is 0 Å². The average Bonchev–Trinajstić information content (AvgIpc) is 3.00. The van der Waals surface area contributed by atoms with E-state index in [1.165, 1.54) is 6.92 Å². The monoisotopic (exact) mass is 446 g/mol. The fourth-order valence-electron chi connectivity index (χ4n) is 3.16. The summed E-state index contributed by atoms with van der Waals surface area (Å²) in [5.74, 6) is -0.493. The van der Waals surface area contributed by atoms with E-state index in [1.807, 2.05) is 25.3 Å². The van der Waals surface area contributed by atoms with Gasteiger partial charge in [-0.3, -0.25) is 14.7 Å². The normalized spacial score (nSPS) is 12.0. The Labute approximate surface area is 181 Å². The van der Waals surface area contributed by atoms with Crippen LogP contribution in [0.4, 0.5) is 13.2 Å². The van der Waals surface area contributed by atoms with Crippen molar-refractivity contribution < 1.29 is 22.7 Å². The summed E-state index contributed by atoms with van der Waals surface area (Å²) in [4.78, 5) is 24.8. The lowest BCUT2D eigenvalue weighted by molar-refractivity contribution is -0.123. The van der Waals surface area contributed by atoms with Gasteiger partial charge in [-0.2, -0.15) is 18.3 Å². The van der Waals surface area contributed by atoms with Gasteiger partial charge in [0, 0.05) is 5.69 Å². The molecule has 0 radical (unpaired) electrons. The van der Waals surface area contributed by atoms with Crippen LogP contribution < -0.4 is 15.7 Å². The molecule has 0 unspecified atom stereocenters. The smallest absolute Gasteiger partial charge is 0.435 e. The molecule has 10 heteroatoms. The molecular formula is C22H21F3N4O3. The van der Waals surface area contributed by atoms with Crippen molar-refractivity contribution in [2.24, 2.45) is 5.10 Å². The molecule has 2 N–H and O–H groups in total. The molecule has 0 spiro atoms. The molecule has 0 aliphatic rings. The topological polar surface area (TPSA) is 88.5 Å². The molecule has 1 aromatic heterocycles. The van der Waals surface area contributed by atoms with E-state index in [-0.39, 0.29) is 5.69 Å². The second kappa shape index (κ2) is 9.13. The SMILES string of the molecule is Cc1cc(C)cc(OCC(=O)N/N=C(/c2c(C)[nH]n(-c3ccccc3)c2=O)C(F)(F)F)c1. The molecule has 3 rings (SSSR count). The first-order valence-corrected chi connectivity index (χ1v) is 9.58. The Kier molecular flexibility index (Phi) is 6.52. The van der Waals surface area contributed by atoms with Gasteiger partial charge < -0.3 is 4.74 Å². The van der Waals surface area contributed by atoms with E-state index in [9.17, 15) is 22.8 Å². The van der Waals surface area contributed by atoms with Gasteiger partial charge in [0.15, 0.2) is 12.3 Å². The maximum absolute atomic E-state index is 13.7. The van der Waals surface area contributed by atoms with E-state index >= 15 is 0 Å². The quantitative estimate of drug-likeness (QED) is 0.448. The zero-order valence-electron chi connectivity index (χ0n) is 17.6. The fourth-order valence-corrected chi connectivity index (χ4v) is 3.16. The molecule has 32 heavy (non-hydrogen) atoms. The van der Waals surface area contributed by atoms with Crippen molar-refractivity contribution in [1.29, 1.82) is 0 Å². The molecule has 0 aliphatic carbocycles. The van der Waals surface area contributed by atoms with Gasteiger partial charge >= 0.3 is 6.18 Å². The van der Waals surface area contributed by atoms with Gasteiger partial charge in [0.2, 0.25) is 0 Å². The fraction of sp³-hybridized carbons (Fsp3) is 0.227. The number of hydrogen-bond acceptors (Lipinski definition) is 4. The lowest BCUT2D eigenvalue weighted by atomic mass is 10.1. The largest absolute Gasteiger partial charge is 0.484 e. The van der Waals surface area contributed by atoms with Crippen molar-refractivity contribution >= 4 is 11.6 Å². The standard InChI is InChI=1S/C22H21F3N4O3/c1-13-9-14(2)11-17(10-13)32-12-18(30)26-27-20(22(23,24)25)19-15(3)28-29(21(19)31)16-7-5-4-6-8-16/h4-11,28H,12H2,1-3H3,(H,26,30)/b27-20-. The maximum Gasteiger partial charge on any atom is 0.435 e. The van der Waals surface area contributed by atoms with E-state index in [0.717, 1.165) is 15.8 Å². The minimum absolute atomic E-state index is 0.0457. The van der Waals surface area contributed by atoms with Crippen LogP contribution in [0, 0.1) is 20.8 Å². The lowest BCUT2D eigenvalue weighted by Gasteiger charge is -2.10. The summed E-state index contributed by atoms with van der Waals surface area (Å²) in [5.41, 5.74) is 0.841. The molecule has 0 saturated carbocycles. The lowest BCUT2D eigenvalue weighted by Crippen LogP contribution is -2.34. The predicted octanol–water partition coefficient (Wildman–Crippen LogP) is 3.55. The highest BCUT2D eigenvalue weighted by Crippen LogP contribution is 2.23. The third-order valence-electron chi connectivity index (χ3n) is 4.45. The number of carbonyl (C=O) groups excluding carboxylic acids is 1. The van der Waals surface area contributed by atoms with Crippen molar-refractivity contribution in [3.05, 3.63) is 81.3 Å². The van der Waals surface area contributed by atoms with Crippen LogP contribution >= 0.6 is 0 Å². The number of nitrogens with one attached hydrogen (secondary N) is 2. The number of hydrazone groups is 1. The number of alkyl halides is 3. The number of para-hydroxylation sites is 1. The van der Waals surface area contributed by atoms with Crippen molar-refractivity contribution in [1.82, 2.24) is 15.2 Å². The number of hydrogen-bond donors (Lipinski definition) is 2. The van der Waals surface area contributed by atoms with E-state index < -0.39 is 35.5 Å². The maximum atomic E-state index is 13.7. The molecule has 168 valence electrons. The second-order valence-electron chi connectivity index (χ2n) is 7.19. The number of halogens is 3. The number of ether oxygens (including phenoxy) is 1. The summed E-state index contributed by atoms with van der Waals surface area (Å²) in [5, 5.41) is 5.83. The summed E-state index contributed by atoms with van der Waals surface area (Å²) >= 11 is 0. The van der Waals surface area contributed by atoms with Crippen molar-refractivity contribution in [2.45, 2.75) is 26.9 Å². The number of carbonyl (C=O) groups is 1. The zero-order chi connectivity index (χ0) is 23.5. The predicted molar refractivity (Wildman–Crippen MR) is 113 cm³/mol. The Hall–Kier alpha value is -3.82. The number of amides is 1. The number of aryl methyl sites for hydroxylation is 3. The van der Waals surface area contributed by atoms with Gasteiger partial charge in [0.05, 0.1) is 11.3 Å². The minimum Gasteiger partial charge on any atom is -0.484 e. The number of nitrogens with zero attached hydrogens (tertiary/aromatic N) is 2. The Morgan fingerprint density at radius 3 is 2.31 bits per heavy atom. The summed E-state index contributed by atoms with van der Waals surface area (Å²) in [6, 6.07) is 13.4. The Balaban J connectivity index is 1.84. The number of benzene rings is 2. The first-order chi connectivity index (χ1) is 15.1. The molecule has 0 saturated heterocycles. The molecular weight excluding hydrogens is 425 g/mol. The van der Waals surface area contributed by atoms with E-state index in [0.29, 0.717) is 11.4 Å². The van der Waals surface area contributed by atoms with Gasteiger partial charge in [-0.05, 0) is 56.2 Å². The highest BCUT2D eigenvalue weighted by molar-refractivity contribution is 6.05. The van der Waals surface area contributed by atoms with Crippen LogP contribution in [0.5, 0.6) is 5.75 Å². The number of H-pyrrole nitrogens is 1. The number of aromatic nitrogens is 2. The summed E-state index contributed by atoms with van der Waals surface area (Å²) in [6.07, 6.45) is -4.98. The first-order valence-electron chi connectivity index (χ1n) is 9.58. The third kappa shape index (κ3) is 5.26. The molecule has 1 heterocycles. The van der Waals surface area contributed by atoms with Gasteiger partial charge in [-0.25, -0.2) is 10.1 Å². The van der Waals surface area contributed by atoms with Crippen LogP contribution in [0.1, 0.15) is 22.4 Å². The van der Waals surface area contributed by atoms with Crippen LogP contribution in [0.15, 0.2) is 58.4 Å². The highest BCUT2D eigenvalue weighted by atomic mass is 19.4. The second-order valence-corrected chi connectivity index (χ2v) is 7.19. The van der Waals surface area contributed by atoms with Gasteiger partial charge in [0.25, 0.3) is 11.5 Å². The van der Waals surface area contributed by atoms with Crippen LogP contribution in [0.25, 0.3) is 5.69 Å². The Morgan fingerprint density at radius 1 is 1.09 bits per heavy atom. The number of aromatic amines is 1. The third-order valence-corrected chi connectivity index (χ3v) is 4.45. The summed E-state index contributed by atoms with van der Waals surface area (Å²) in [7, 11) is 0. The molecule has 1 amide bonds. The first kappa shape index (κ1) is 22.9. The minimum atomic E-state index is -4.98. The number of rotatable bonds is 6. The highest BCUT2D eigenvalue weighted by Gasteiger charge is 2.41. The van der Waals surface area contributed by atoms with Gasteiger partial charge in [-0.15, -0.1) is 0 Å². The molecule has 2 aromatic carbocycles. The molecule has 0 aliphatic heterocycles. The molecule has 3 aromatic rings. The van der Waals surface area contributed by atoms with Crippen molar-refractivity contribution in [2.75, 3.05) is 6.61 Å². The van der Waals surface area contributed by atoms with Gasteiger partial charge in [-0.1, -0.05) is 24.3 Å². The molecule has 7 nitrogen and oxygen atoms in total. The Bertz CT molecular complexity index is 1190. The van der Waals surface area contributed by atoms with Crippen molar-refractivity contribution in [3.63, 3.8) is 0 Å². The van der Waals surface area contributed by atoms with Gasteiger partial charge in [0.1, 0.15) is 5.75 Å². The van der Waals surface area contributed by atoms with Crippen molar-refractivity contribution in [3.8, 4) is 11.4 Å². The van der Waals surface area contributed by atoms with E-state index in [4.69, 9.17) is 4.74 Å². The Morgan fingerprint density at radius 2 is 1.72 bits per heavy atom. The zero-order valence-corrected chi connectivity index (χ0v) is 17.6. The molecule has 0 bridgehead atoms. The molecule has 0 fully saturated rings. The van der Waals surface area contributed by atoms with E-state index in [2.05, 4.69) is 10.2 Å². The summed E-state index contributed by atoms with van der Waals surface area (Å²) in [6.45, 7) is 4.48. The van der Waals surface area contributed by atoms with Crippen LogP contribution in [-0.2, 0) is 4.79 Å². The average molecular weight is 446 g/mol. The summed E-state index contributed by atoms with van der Waals surface area (Å²) < 4.78 is 47.4. The van der Waals surface area contributed by atoms with E-state index in [1.54, 1.807) is 42.5 Å². The van der Waals surface area contributed by atoms with Crippen LogP contribution in [0.2, 0.25) is 0 Å².